The second-order valence-corrected chi connectivity index (χ2v) is 7.45. The number of hydrogen-bond acceptors (Lipinski definition) is 3. The minimum absolute atomic E-state index is 0.116. The average molecular weight is 371 g/mol. The first-order valence-electron chi connectivity index (χ1n) is 7.21. The van der Waals surface area contributed by atoms with Gasteiger partial charge < -0.3 is 4.74 Å². The standard InChI is InChI=1S/C18H17ClF2O2S/c1-18(2,17(22)23-3)16(14-10-12(20)6-9-15(14)21)24-13-7-4-11(19)5-8-13/h4-10,16H,1-3H3. The van der Waals surface area contributed by atoms with Crippen molar-refractivity contribution in [3.05, 3.63) is 64.7 Å². The molecule has 0 amide bonds. The molecule has 2 aromatic rings. The maximum atomic E-state index is 14.3. The van der Waals surface area contributed by atoms with Crippen LogP contribution in [0.5, 0.6) is 0 Å². The number of benzene rings is 2. The van der Waals surface area contributed by atoms with Crippen LogP contribution in [0, 0.1) is 17.0 Å². The Morgan fingerprint density at radius 2 is 1.79 bits per heavy atom. The molecular weight excluding hydrogens is 354 g/mol. The zero-order chi connectivity index (χ0) is 17.9. The van der Waals surface area contributed by atoms with Gasteiger partial charge in [-0.05, 0) is 56.3 Å². The summed E-state index contributed by atoms with van der Waals surface area (Å²) in [5.74, 6) is -1.63. The molecule has 0 saturated carbocycles. The number of methoxy groups -OCH3 is 1. The van der Waals surface area contributed by atoms with Gasteiger partial charge in [0.25, 0.3) is 0 Å². The van der Waals surface area contributed by atoms with Gasteiger partial charge in [-0.1, -0.05) is 11.6 Å². The Bertz CT molecular complexity index is 732. The van der Waals surface area contributed by atoms with Gasteiger partial charge in [0.2, 0.25) is 0 Å². The molecule has 24 heavy (non-hydrogen) atoms. The number of thioether (sulfide) groups is 1. The van der Waals surface area contributed by atoms with E-state index in [1.54, 1.807) is 38.1 Å². The average Bonchev–Trinajstić information content (AvgIpc) is 2.55. The zero-order valence-corrected chi connectivity index (χ0v) is 15.0. The summed E-state index contributed by atoms with van der Waals surface area (Å²) >= 11 is 7.14. The van der Waals surface area contributed by atoms with Gasteiger partial charge in [-0.25, -0.2) is 8.78 Å². The van der Waals surface area contributed by atoms with E-state index in [1.807, 2.05) is 0 Å². The van der Waals surface area contributed by atoms with Crippen LogP contribution in [0.25, 0.3) is 0 Å². The SMILES string of the molecule is COC(=O)C(C)(C)C(Sc1ccc(Cl)cc1)c1cc(F)ccc1F. The summed E-state index contributed by atoms with van der Waals surface area (Å²) < 4.78 is 32.8. The second kappa shape index (κ2) is 7.53. The van der Waals surface area contributed by atoms with Gasteiger partial charge in [-0.3, -0.25) is 4.79 Å². The lowest BCUT2D eigenvalue weighted by Crippen LogP contribution is -2.31. The second-order valence-electron chi connectivity index (χ2n) is 5.83. The summed E-state index contributed by atoms with van der Waals surface area (Å²) in [5, 5.41) is -0.109. The maximum Gasteiger partial charge on any atom is 0.312 e. The van der Waals surface area contributed by atoms with Crippen molar-refractivity contribution in [2.75, 3.05) is 7.11 Å². The van der Waals surface area contributed by atoms with E-state index in [2.05, 4.69) is 0 Å². The van der Waals surface area contributed by atoms with E-state index in [4.69, 9.17) is 16.3 Å². The lowest BCUT2D eigenvalue weighted by molar-refractivity contribution is -0.150. The summed E-state index contributed by atoms with van der Waals surface area (Å²) in [4.78, 5) is 13.0. The van der Waals surface area contributed by atoms with Crippen LogP contribution in [0.2, 0.25) is 5.02 Å². The lowest BCUT2D eigenvalue weighted by atomic mass is 9.85. The highest BCUT2D eigenvalue weighted by molar-refractivity contribution is 7.99. The fourth-order valence-corrected chi connectivity index (χ4v) is 3.72. The summed E-state index contributed by atoms with van der Waals surface area (Å²) in [5.41, 5.74) is -0.960. The molecule has 0 aliphatic heterocycles. The molecule has 0 radical (unpaired) electrons. The molecule has 0 aliphatic rings. The molecule has 0 heterocycles. The Balaban J connectivity index is 2.50. The minimum atomic E-state index is -1.08. The van der Waals surface area contributed by atoms with Crippen molar-refractivity contribution >= 4 is 29.3 Å². The van der Waals surface area contributed by atoms with Crippen molar-refractivity contribution in [2.24, 2.45) is 5.41 Å². The molecule has 0 aromatic heterocycles. The largest absolute Gasteiger partial charge is 0.469 e. The molecule has 0 spiro atoms. The van der Waals surface area contributed by atoms with Gasteiger partial charge in [0.15, 0.2) is 0 Å². The molecule has 6 heteroatoms. The Morgan fingerprint density at radius 1 is 1.17 bits per heavy atom. The number of rotatable bonds is 5. The van der Waals surface area contributed by atoms with Crippen LogP contribution in [0.4, 0.5) is 8.78 Å². The van der Waals surface area contributed by atoms with Crippen molar-refractivity contribution in [1.82, 2.24) is 0 Å². The predicted octanol–water partition coefficient (Wildman–Crippen LogP) is 5.65. The Morgan fingerprint density at radius 3 is 2.38 bits per heavy atom. The molecule has 0 fully saturated rings. The molecule has 0 aliphatic carbocycles. The van der Waals surface area contributed by atoms with E-state index >= 15 is 0 Å². The first kappa shape index (κ1) is 18.7. The zero-order valence-electron chi connectivity index (χ0n) is 13.5. The summed E-state index contributed by atoms with van der Waals surface area (Å²) in [6.45, 7) is 3.30. The third-order valence-corrected chi connectivity index (χ3v) is 5.55. The third-order valence-electron chi connectivity index (χ3n) is 3.68. The normalized spacial score (nSPS) is 12.8. The summed E-state index contributed by atoms with van der Waals surface area (Å²) in [6.07, 6.45) is 0. The van der Waals surface area contributed by atoms with E-state index < -0.39 is 28.3 Å². The van der Waals surface area contributed by atoms with Crippen molar-refractivity contribution in [2.45, 2.75) is 24.0 Å². The summed E-state index contributed by atoms with van der Waals surface area (Å²) in [7, 11) is 1.27. The van der Waals surface area contributed by atoms with E-state index in [1.165, 1.54) is 18.9 Å². The lowest BCUT2D eigenvalue weighted by Gasteiger charge is -2.32. The fourth-order valence-electron chi connectivity index (χ4n) is 2.33. The maximum absolute atomic E-state index is 14.3. The molecule has 0 N–H and O–H groups in total. The van der Waals surface area contributed by atoms with Gasteiger partial charge in [-0.15, -0.1) is 11.8 Å². The minimum Gasteiger partial charge on any atom is -0.469 e. The van der Waals surface area contributed by atoms with E-state index in [0.717, 1.165) is 23.1 Å². The van der Waals surface area contributed by atoms with Gasteiger partial charge in [-0.2, -0.15) is 0 Å². The molecule has 2 rings (SSSR count). The Labute approximate surface area is 149 Å². The monoisotopic (exact) mass is 370 g/mol. The van der Waals surface area contributed by atoms with Crippen molar-refractivity contribution in [1.29, 1.82) is 0 Å². The van der Waals surface area contributed by atoms with Crippen LogP contribution in [0.3, 0.4) is 0 Å². The van der Waals surface area contributed by atoms with Crippen LogP contribution < -0.4 is 0 Å². The topological polar surface area (TPSA) is 26.3 Å². The Kier molecular flexibility index (Phi) is 5.88. The highest BCUT2D eigenvalue weighted by Crippen LogP contribution is 2.49. The number of esters is 1. The Hall–Kier alpha value is -1.59. The molecule has 2 aromatic carbocycles. The first-order valence-corrected chi connectivity index (χ1v) is 8.47. The molecule has 2 nitrogen and oxygen atoms in total. The van der Waals surface area contributed by atoms with Crippen molar-refractivity contribution < 1.29 is 18.3 Å². The van der Waals surface area contributed by atoms with Crippen LogP contribution in [-0.2, 0) is 9.53 Å². The molecule has 1 atom stereocenters. The smallest absolute Gasteiger partial charge is 0.312 e. The van der Waals surface area contributed by atoms with Crippen LogP contribution >= 0.6 is 23.4 Å². The van der Waals surface area contributed by atoms with Crippen LogP contribution in [0.15, 0.2) is 47.4 Å². The third kappa shape index (κ3) is 4.08. The van der Waals surface area contributed by atoms with Crippen LogP contribution in [0.1, 0.15) is 24.7 Å². The molecular formula is C18H17ClF2O2S. The van der Waals surface area contributed by atoms with Gasteiger partial charge in [0, 0.05) is 15.5 Å². The van der Waals surface area contributed by atoms with Crippen molar-refractivity contribution in [3.63, 3.8) is 0 Å². The highest BCUT2D eigenvalue weighted by Gasteiger charge is 2.41. The number of carbonyl (C=O) groups is 1. The first-order chi connectivity index (χ1) is 11.3. The molecule has 1 unspecified atom stereocenters. The van der Waals surface area contributed by atoms with Crippen LogP contribution in [-0.4, -0.2) is 13.1 Å². The predicted molar refractivity (Wildman–Crippen MR) is 92.2 cm³/mol. The summed E-state index contributed by atoms with van der Waals surface area (Å²) in [6, 6.07) is 10.2. The number of hydrogen-bond donors (Lipinski definition) is 0. The van der Waals surface area contributed by atoms with E-state index in [0.29, 0.717) is 5.02 Å². The number of halogens is 3. The molecule has 0 bridgehead atoms. The van der Waals surface area contributed by atoms with Gasteiger partial charge in [0.05, 0.1) is 17.8 Å². The molecule has 0 saturated heterocycles. The molecule has 128 valence electrons. The fraction of sp³-hybridized carbons (Fsp3) is 0.278. The number of carbonyl (C=O) groups excluding carboxylic acids is 1. The number of ether oxygens (including phenoxy) is 1. The highest BCUT2D eigenvalue weighted by atomic mass is 35.5. The van der Waals surface area contributed by atoms with Gasteiger partial charge >= 0.3 is 5.97 Å². The van der Waals surface area contributed by atoms with Gasteiger partial charge in [0.1, 0.15) is 11.6 Å². The van der Waals surface area contributed by atoms with Crippen molar-refractivity contribution in [3.8, 4) is 0 Å². The van der Waals surface area contributed by atoms with E-state index in [9.17, 15) is 13.6 Å². The van der Waals surface area contributed by atoms with E-state index in [-0.39, 0.29) is 5.56 Å². The quantitative estimate of drug-likeness (QED) is 0.502.